The van der Waals surface area contributed by atoms with Gasteiger partial charge in [-0.1, -0.05) is 11.6 Å². The summed E-state index contributed by atoms with van der Waals surface area (Å²) in [6.07, 6.45) is 5.64. The van der Waals surface area contributed by atoms with Gasteiger partial charge in [-0.2, -0.15) is 0 Å². The van der Waals surface area contributed by atoms with Gasteiger partial charge >= 0.3 is 5.97 Å². The Morgan fingerprint density at radius 3 is 2.57 bits per heavy atom. The maximum atomic E-state index is 10.8. The first-order valence-electron chi connectivity index (χ1n) is 7.64. The molecule has 0 radical (unpaired) electrons. The van der Waals surface area contributed by atoms with Crippen LogP contribution in [0.15, 0.2) is 24.3 Å². The Balaban J connectivity index is 1.76. The van der Waals surface area contributed by atoms with Gasteiger partial charge in [0.1, 0.15) is 0 Å². The fourth-order valence-electron chi connectivity index (χ4n) is 3.02. The van der Waals surface area contributed by atoms with Crippen LogP contribution in [0.3, 0.4) is 0 Å². The van der Waals surface area contributed by atoms with E-state index in [4.69, 9.17) is 5.11 Å². The molecule has 0 unspecified atom stereocenters. The van der Waals surface area contributed by atoms with Crippen molar-refractivity contribution in [3.8, 4) is 0 Å². The Morgan fingerprint density at radius 1 is 1.24 bits per heavy atom. The lowest BCUT2D eigenvalue weighted by atomic mass is 10.1. The molecular weight excluding hydrogens is 264 g/mol. The molecule has 1 aromatic carbocycles. The second kappa shape index (κ2) is 5.90. The van der Waals surface area contributed by atoms with Crippen LogP contribution in [0.2, 0.25) is 0 Å². The minimum Gasteiger partial charge on any atom is -0.478 e. The van der Waals surface area contributed by atoms with Crippen molar-refractivity contribution in [1.29, 1.82) is 0 Å². The molecule has 1 N–H and O–H groups in total. The number of carboxylic acids is 1. The first kappa shape index (κ1) is 14.1. The van der Waals surface area contributed by atoms with Crippen molar-refractivity contribution in [3.05, 3.63) is 35.4 Å². The Bertz CT molecular complexity index is 556. The largest absolute Gasteiger partial charge is 0.478 e. The van der Waals surface area contributed by atoms with Crippen LogP contribution in [-0.2, 0) is 4.79 Å². The molecule has 0 atom stereocenters. The number of anilines is 1. The highest BCUT2D eigenvalue weighted by Gasteiger charge is 2.31. The fraction of sp³-hybridized carbons (Fsp3) is 0.471. The zero-order valence-corrected chi connectivity index (χ0v) is 12.5. The highest BCUT2D eigenvalue weighted by molar-refractivity contribution is 5.87. The van der Waals surface area contributed by atoms with Gasteiger partial charge in [-0.15, -0.1) is 0 Å². The van der Waals surface area contributed by atoms with Crippen molar-refractivity contribution in [2.24, 2.45) is 0 Å². The molecule has 0 spiro atoms. The van der Waals surface area contributed by atoms with E-state index in [2.05, 4.69) is 28.0 Å². The van der Waals surface area contributed by atoms with E-state index in [0.29, 0.717) is 0 Å². The van der Waals surface area contributed by atoms with Crippen molar-refractivity contribution < 1.29 is 9.90 Å². The Kier molecular flexibility index (Phi) is 3.97. The molecule has 2 aliphatic rings. The number of carboxylic acid groups (broad SMARTS) is 1. The molecule has 0 amide bonds. The van der Waals surface area contributed by atoms with E-state index in [1.807, 2.05) is 6.92 Å². The predicted octanol–water partition coefficient (Wildman–Crippen LogP) is 2.38. The zero-order chi connectivity index (χ0) is 14.8. The number of piperazine rings is 1. The maximum absolute atomic E-state index is 10.8. The zero-order valence-electron chi connectivity index (χ0n) is 12.5. The summed E-state index contributed by atoms with van der Waals surface area (Å²) in [7, 11) is 0. The average Bonchev–Trinajstić information content (AvgIpc) is 3.30. The van der Waals surface area contributed by atoms with Crippen LogP contribution in [0.1, 0.15) is 24.0 Å². The molecule has 4 heteroatoms. The minimum absolute atomic E-state index is 0.830. The molecule has 1 saturated heterocycles. The SMILES string of the molecule is Cc1ccc(N2CCN(C3CC3)CC2)c(/C=C/C(=O)O)c1. The van der Waals surface area contributed by atoms with Gasteiger partial charge in [-0.05, 0) is 43.5 Å². The fourth-order valence-corrected chi connectivity index (χ4v) is 3.02. The summed E-state index contributed by atoms with van der Waals surface area (Å²) < 4.78 is 0. The number of hydrogen-bond acceptors (Lipinski definition) is 3. The van der Waals surface area contributed by atoms with Crippen LogP contribution in [-0.4, -0.2) is 48.2 Å². The smallest absolute Gasteiger partial charge is 0.328 e. The molecule has 0 aromatic heterocycles. The normalized spacial score (nSPS) is 20.1. The molecule has 3 rings (SSSR count). The third kappa shape index (κ3) is 3.45. The van der Waals surface area contributed by atoms with Gasteiger partial charge in [-0.25, -0.2) is 4.79 Å². The van der Waals surface area contributed by atoms with Crippen molar-refractivity contribution in [2.45, 2.75) is 25.8 Å². The van der Waals surface area contributed by atoms with Crippen LogP contribution in [0, 0.1) is 6.92 Å². The van der Waals surface area contributed by atoms with Gasteiger partial charge in [-0.3, -0.25) is 4.90 Å². The van der Waals surface area contributed by atoms with E-state index in [1.54, 1.807) is 6.08 Å². The highest BCUT2D eigenvalue weighted by atomic mass is 16.4. The van der Waals surface area contributed by atoms with Gasteiger partial charge in [0, 0.05) is 44.0 Å². The Morgan fingerprint density at radius 2 is 1.95 bits per heavy atom. The quantitative estimate of drug-likeness (QED) is 0.863. The van der Waals surface area contributed by atoms with Crippen LogP contribution in [0.4, 0.5) is 5.69 Å². The van der Waals surface area contributed by atoms with E-state index in [9.17, 15) is 4.79 Å². The van der Waals surface area contributed by atoms with Crippen LogP contribution in [0.5, 0.6) is 0 Å². The van der Waals surface area contributed by atoms with Crippen molar-refractivity contribution in [2.75, 3.05) is 31.1 Å². The molecule has 1 heterocycles. The standard InChI is InChI=1S/C17H22N2O2/c1-13-2-6-16(14(12-13)3-7-17(20)21)19-10-8-18(9-11-19)15-4-5-15/h2-3,6-7,12,15H,4-5,8-11H2,1H3,(H,20,21)/b7-3+. The summed E-state index contributed by atoms with van der Waals surface area (Å²) in [6, 6.07) is 7.10. The van der Waals surface area contributed by atoms with Gasteiger partial charge in [0.15, 0.2) is 0 Å². The van der Waals surface area contributed by atoms with Crippen LogP contribution >= 0.6 is 0 Å². The number of carbonyl (C=O) groups is 1. The van der Waals surface area contributed by atoms with Gasteiger partial charge < -0.3 is 10.0 Å². The second-order valence-corrected chi connectivity index (χ2v) is 5.99. The number of aliphatic carboxylic acids is 1. The lowest BCUT2D eigenvalue weighted by Crippen LogP contribution is -2.47. The first-order chi connectivity index (χ1) is 10.1. The summed E-state index contributed by atoms with van der Waals surface area (Å²) in [5, 5.41) is 8.84. The highest BCUT2D eigenvalue weighted by Crippen LogP contribution is 2.30. The van der Waals surface area contributed by atoms with E-state index in [0.717, 1.165) is 49.0 Å². The summed E-state index contributed by atoms with van der Waals surface area (Å²) in [5.74, 6) is -0.902. The number of rotatable bonds is 4. The molecule has 1 aromatic rings. The van der Waals surface area contributed by atoms with E-state index < -0.39 is 5.97 Å². The van der Waals surface area contributed by atoms with E-state index >= 15 is 0 Å². The molecule has 1 saturated carbocycles. The van der Waals surface area contributed by atoms with Crippen LogP contribution in [0.25, 0.3) is 6.08 Å². The predicted molar refractivity (Wildman–Crippen MR) is 84.7 cm³/mol. The minimum atomic E-state index is -0.902. The third-order valence-corrected chi connectivity index (χ3v) is 4.31. The monoisotopic (exact) mass is 286 g/mol. The molecule has 0 bridgehead atoms. The lowest BCUT2D eigenvalue weighted by molar-refractivity contribution is -0.131. The van der Waals surface area contributed by atoms with Crippen LogP contribution < -0.4 is 4.90 Å². The van der Waals surface area contributed by atoms with Crippen molar-refractivity contribution >= 4 is 17.7 Å². The number of nitrogens with zero attached hydrogens (tertiary/aromatic N) is 2. The molecule has 21 heavy (non-hydrogen) atoms. The number of hydrogen-bond donors (Lipinski definition) is 1. The molecule has 1 aliphatic carbocycles. The molecule has 1 aliphatic heterocycles. The first-order valence-corrected chi connectivity index (χ1v) is 7.64. The topological polar surface area (TPSA) is 43.8 Å². The summed E-state index contributed by atoms with van der Waals surface area (Å²) >= 11 is 0. The summed E-state index contributed by atoms with van der Waals surface area (Å²) in [4.78, 5) is 15.7. The lowest BCUT2D eigenvalue weighted by Gasteiger charge is -2.37. The molecule has 2 fully saturated rings. The van der Waals surface area contributed by atoms with Gasteiger partial charge in [0.2, 0.25) is 0 Å². The third-order valence-electron chi connectivity index (χ3n) is 4.31. The molecular formula is C17H22N2O2. The second-order valence-electron chi connectivity index (χ2n) is 5.99. The average molecular weight is 286 g/mol. The molecule has 112 valence electrons. The van der Waals surface area contributed by atoms with Crippen molar-refractivity contribution in [3.63, 3.8) is 0 Å². The number of aryl methyl sites for hydroxylation is 1. The summed E-state index contributed by atoms with van der Waals surface area (Å²) in [6.45, 7) is 6.30. The van der Waals surface area contributed by atoms with Crippen molar-refractivity contribution in [1.82, 2.24) is 4.90 Å². The summed E-state index contributed by atoms with van der Waals surface area (Å²) in [5.41, 5.74) is 3.30. The van der Waals surface area contributed by atoms with E-state index in [1.165, 1.54) is 18.9 Å². The Labute approximate surface area is 125 Å². The van der Waals surface area contributed by atoms with Gasteiger partial charge in [0.05, 0.1) is 0 Å². The van der Waals surface area contributed by atoms with E-state index in [-0.39, 0.29) is 0 Å². The Hall–Kier alpha value is -1.81. The molecule has 4 nitrogen and oxygen atoms in total. The van der Waals surface area contributed by atoms with Gasteiger partial charge in [0.25, 0.3) is 0 Å². The maximum Gasteiger partial charge on any atom is 0.328 e. The number of benzene rings is 1.